The number of nitrogens with zero attached hydrogens (tertiary/aromatic N) is 7. The molecule has 4 aliphatic rings. The van der Waals surface area contributed by atoms with E-state index in [0.717, 1.165) is 40.4 Å². The third-order valence-electron chi connectivity index (χ3n) is 8.36. The Bertz CT molecular complexity index is 2270. The number of aliphatic carboxylic acids is 1. The van der Waals surface area contributed by atoms with Gasteiger partial charge in [-0.15, -0.1) is 40.4 Å². The first-order valence-corrected chi connectivity index (χ1v) is 19.5. The van der Waals surface area contributed by atoms with Gasteiger partial charge in [-0.2, -0.15) is 0 Å². The summed E-state index contributed by atoms with van der Waals surface area (Å²) in [5.74, 6) is -5.15. The number of allylic oxidation sites excluding steroid dienone is 1. The first kappa shape index (κ1) is 41.3. The van der Waals surface area contributed by atoms with Crippen molar-refractivity contribution in [1.29, 1.82) is 0 Å². The second kappa shape index (κ2) is 16.3. The number of anilines is 1. The number of carboxylic acids is 1. The number of aromatic hydroxyl groups is 2. The molecular formula is C32H34N12O11S3. The normalized spacial score (nSPS) is 18.9. The zero-order valence-corrected chi connectivity index (χ0v) is 33.1. The molecule has 26 heteroatoms. The van der Waals surface area contributed by atoms with E-state index in [1.165, 1.54) is 60.0 Å². The smallest absolute Gasteiger partial charge is 0.363 e. The Morgan fingerprint density at radius 2 is 1.93 bits per heavy atom. The number of fused-ring (bicyclic) bond motifs is 2. The highest BCUT2D eigenvalue weighted by molar-refractivity contribution is 8.03. The van der Waals surface area contributed by atoms with Crippen LogP contribution in [0.1, 0.15) is 36.8 Å². The molecule has 0 saturated carbocycles. The fourth-order valence-corrected chi connectivity index (χ4v) is 8.49. The number of thiazole rings is 1. The predicted octanol–water partition coefficient (Wildman–Crippen LogP) is 0.162. The molecule has 4 aliphatic heterocycles. The Morgan fingerprint density at radius 3 is 2.59 bits per heavy atom. The molecule has 2 aromatic rings. The summed E-state index contributed by atoms with van der Waals surface area (Å²) in [5.41, 5.74) is 11.2. The monoisotopic (exact) mass is 858 g/mol. The van der Waals surface area contributed by atoms with Crippen LogP contribution in [0.5, 0.6) is 11.5 Å². The third-order valence-corrected chi connectivity index (χ3v) is 11.5. The summed E-state index contributed by atoms with van der Waals surface area (Å²) in [6.45, 7) is 4.29. The zero-order valence-electron chi connectivity index (χ0n) is 30.6. The van der Waals surface area contributed by atoms with E-state index < -0.39 is 69.9 Å². The number of β-lactam (4-membered cyclic amide) rings is 1. The maximum Gasteiger partial charge on any atom is 0.363 e. The number of hydroxylamine groups is 2. The molecule has 0 radical (unpaired) electrons. The lowest BCUT2D eigenvalue weighted by molar-refractivity contribution is -0.150. The van der Waals surface area contributed by atoms with Crippen molar-refractivity contribution in [3.8, 4) is 11.5 Å². The molecule has 6 amide bonds. The molecule has 0 spiro atoms. The number of carbonyl (C=O) groups excluding carboxylic acids is 5. The number of benzene rings is 1. The first-order chi connectivity index (χ1) is 27.4. The van der Waals surface area contributed by atoms with Gasteiger partial charge in [0.05, 0.1) is 11.2 Å². The van der Waals surface area contributed by atoms with Gasteiger partial charge in [-0.3, -0.25) is 40.1 Å². The number of amides is 6. The minimum absolute atomic E-state index is 0.0549. The maximum absolute atomic E-state index is 13.7. The van der Waals surface area contributed by atoms with E-state index in [9.17, 15) is 49.3 Å². The largest absolute Gasteiger partial charge is 0.504 e. The number of hydrazine groups is 3. The molecule has 10 N–H and O–H groups in total. The fraction of sp³-hybridized carbons (Fsp3) is 0.281. The number of nitrogens with one attached hydrogen (secondary N) is 4. The molecule has 1 saturated heterocycles. The molecule has 0 bridgehead atoms. The van der Waals surface area contributed by atoms with Gasteiger partial charge in [0.2, 0.25) is 5.60 Å². The standard InChI is InChI=1S/C32H34N12O11S3/c1-13-7-20(44-19(34-13)9-42(40-44)31(53)41(4)54)56-10-15-11-57-27-22(26(49)43(27)23(15)28(50)51)36-25(48)21(16-12-58-30(33)35-16)39-55-32(2,3)29(52)38-37-24(47)14-5-6-17(45)18(46)8-14/h5-9,12,22,27,40,45-46,54H,10-11H2,1-4H3,(H2,33,35)(H,36,48)(H,37,47)(H,38,52)(H,50,51)/t22-,27-/m1/s1. The number of oxime groups is 1. The summed E-state index contributed by atoms with van der Waals surface area (Å²) in [6.07, 6.45) is 3.09. The number of rotatable bonds is 11. The molecule has 5 heterocycles. The van der Waals surface area contributed by atoms with E-state index in [4.69, 9.17) is 10.6 Å². The number of aliphatic imine (C=N–C) groups is 1. The number of phenolic OH excluding ortho intramolecular Hbond substituents is 2. The number of carboxylic acid groups (broad SMARTS) is 1. The van der Waals surface area contributed by atoms with Crippen LogP contribution in [0.3, 0.4) is 0 Å². The quantitative estimate of drug-likeness (QED) is 0.0478. The highest BCUT2D eigenvalue weighted by Crippen LogP contribution is 2.42. The molecule has 0 unspecified atom stereocenters. The van der Waals surface area contributed by atoms with E-state index in [2.05, 4.69) is 36.8 Å². The highest BCUT2D eigenvalue weighted by Gasteiger charge is 2.54. The molecule has 58 heavy (non-hydrogen) atoms. The minimum atomic E-state index is -1.83. The van der Waals surface area contributed by atoms with E-state index in [0.29, 0.717) is 27.2 Å². The van der Waals surface area contributed by atoms with Gasteiger partial charge in [0.1, 0.15) is 22.8 Å². The number of nitrogen functional groups attached to an aromatic ring is 1. The number of hydrogen-bond acceptors (Lipinski definition) is 19. The molecule has 0 aliphatic carbocycles. The van der Waals surface area contributed by atoms with Crippen LogP contribution in [0.2, 0.25) is 0 Å². The minimum Gasteiger partial charge on any atom is -0.504 e. The summed E-state index contributed by atoms with van der Waals surface area (Å²) < 4.78 is 0. The van der Waals surface area contributed by atoms with Crippen LogP contribution < -0.4 is 27.4 Å². The summed E-state index contributed by atoms with van der Waals surface area (Å²) in [6, 6.07) is 1.29. The van der Waals surface area contributed by atoms with Gasteiger partial charge in [0, 0.05) is 35.2 Å². The van der Waals surface area contributed by atoms with Crippen molar-refractivity contribution in [2.24, 2.45) is 10.1 Å². The van der Waals surface area contributed by atoms with Crippen LogP contribution in [0, 0.1) is 0 Å². The third kappa shape index (κ3) is 8.35. The first-order valence-electron chi connectivity index (χ1n) is 16.6. The van der Waals surface area contributed by atoms with Gasteiger partial charge in [-0.05, 0) is 50.6 Å². The van der Waals surface area contributed by atoms with Crippen LogP contribution >= 0.6 is 34.9 Å². The topological polar surface area (TPSA) is 317 Å². The summed E-state index contributed by atoms with van der Waals surface area (Å²) in [5, 5.41) is 49.5. The summed E-state index contributed by atoms with van der Waals surface area (Å²) in [4.78, 5) is 92.5. The molecule has 306 valence electrons. The lowest BCUT2D eigenvalue weighted by Gasteiger charge is -2.49. The van der Waals surface area contributed by atoms with Crippen molar-refractivity contribution >= 4 is 87.0 Å². The van der Waals surface area contributed by atoms with Crippen LogP contribution in [0.15, 0.2) is 68.1 Å². The number of thioether (sulfide) groups is 2. The molecule has 1 aromatic heterocycles. The molecule has 1 aromatic carbocycles. The van der Waals surface area contributed by atoms with Gasteiger partial charge < -0.3 is 31.2 Å². The summed E-state index contributed by atoms with van der Waals surface area (Å²) in [7, 11) is 1.16. The van der Waals surface area contributed by atoms with Crippen molar-refractivity contribution in [2.75, 3.05) is 24.3 Å². The maximum atomic E-state index is 13.7. The number of phenols is 2. The van der Waals surface area contributed by atoms with E-state index >= 15 is 0 Å². The lowest BCUT2D eigenvalue weighted by atomic mass is 10.0. The van der Waals surface area contributed by atoms with Crippen molar-refractivity contribution in [3.63, 3.8) is 0 Å². The summed E-state index contributed by atoms with van der Waals surface area (Å²) >= 11 is 3.41. The molecule has 2 atom stereocenters. The SMILES string of the molecule is CC1=NC2=CN(C(=O)N(C)O)NN2C(SCC2=C(C(=O)O)N3C(=O)[C@@H](NC(=O)C(=NOC(C)(C)C(=O)NNC(=O)c4ccc(O)c(O)c4)c4csc(N)n4)[C@H]3SC2)=C1. The van der Waals surface area contributed by atoms with Crippen LogP contribution in [-0.2, 0) is 24.0 Å². The second-order valence-electron chi connectivity index (χ2n) is 13.0. The van der Waals surface area contributed by atoms with Crippen molar-refractivity contribution in [2.45, 2.75) is 37.8 Å². The molecule has 23 nitrogen and oxygen atoms in total. The molecule has 6 rings (SSSR count). The zero-order chi connectivity index (χ0) is 42.2. The number of carbonyl (C=O) groups is 6. The average Bonchev–Trinajstić information content (AvgIpc) is 3.81. The van der Waals surface area contributed by atoms with Crippen molar-refractivity contribution in [3.05, 3.63) is 69.2 Å². The van der Waals surface area contributed by atoms with Crippen LogP contribution in [-0.4, -0.2) is 128 Å². The van der Waals surface area contributed by atoms with Crippen molar-refractivity contribution in [1.82, 2.24) is 46.7 Å². The molecular weight excluding hydrogens is 825 g/mol. The molecule has 1 fully saturated rings. The number of aromatic nitrogens is 1. The average molecular weight is 859 g/mol. The van der Waals surface area contributed by atoms with Gasteiger partial charge >= 0.3 is 12.0 Å². The number of urea groups is 1. The van der Waals surface area contributed by atoms with Gasteiger partial charge in [0.15, 0.2) is 28.2 Å². The Balaban J connectivity index is 1.12. The van der Waals surface area contributed by atoms with Crippen LogP contribution in [0.25, 0.3) is 0 Å². The van der Waals surface area contributed by atoms with Gasteiger partial charge in [0.25, 0.3) is 23.6 Å². The lowest BCUT2D eigenvalue weighted by Crippen LogP contribution is -2.71. The Morgan fingerprint density at radius 1 is 1.19 bits per heavy atom. The van der Waals surface area contributed by atoms with Gasteiger partial charge in [-0.1, -0.05) is 5.16 Å². The fourth-order valence-electron chi connectivity index (χ4n) is 5.39. The van der Waals surface area contributed by atoms with E-state index in [1.807, 2.05) is 0 Å². The van der Waals surface area contributed by atoms with Gasteiger partial charge in [-0.25, -0.2) is 34.6 Å². The number of nitrogens with two attached hydrogens (primary N) is 1. The van der Waals surface area contributed by atoms with E-state index in [1.54, 1.807) is 13.0 Å². The highest BCUT2D eigenvalue weighted by atomic mass is 32.2. The Hall–Kier alpha value is -6.35. The van der Waals surface area contributed by atoms with Crippen molar-refractivity contribution < 1.29 is 54.1 Å². The number of hydrogen-bond donors (Lipinski definition) is 9. The predicted molar refractivity (Wildman–Crippen MR) is 207 cm³/mol. The Labute approximate surface area is 339 Å². The Kier molecular flexibility index (Phi) is 11.6. The van der Waals surface area contributed by atoms with E-state index in [-0.39, 0.29) is 33.6 Å². The van der Waals surface area contributed by atoms with Crippen LogP contribution in [0.4, 0.5) is 9.93 Å². The second-order valence-corrected chi connectivity index (χ2v) is 16.0.